The summed E-state index contributed by atoms with van der Waals surface area (Å²) in [6.07, 6.45) is -1.59. The van der Waals surface area contributed by atoms with Crippen LogP contribution in [0.2, 0.25) is 5.15 Å². The van der Waals surface area contributed by atoms with Crippen LogP contribution in [0.1, 0.15) is 12.0 Å². The molecule has 0 aromatic carbocycles. The van der Waals surface area contributed by atoms with Crippen molar-refractivity contribution in [3.63, 3.8) is 0 Å². The maximum atomic E-state index is 12.6. The molecule has 0 aliphatic rings. The zero-order valence-corrected chi connectivity index (χ0v) is 8.31. The van der Waals surface area contributed by atoms with Crippen molar-refractivity contribution in [2.45, 2.75) is 6.43 Å². The van der Waals surface area contributed by atoms with Crippen molar-refractivity contribution in [3.8, 4) is 11.5 Å². The number of halogens is 3. The first-order valence-corrected chi connectivity index (χ1v) is 4.04. The van der Waals surface area contributed by atoms with Crippen LogP contribution in [-0.4, -0.2) is 19.2 Å². The molecule has 1 aromatic rings. The van der Waals surface area contributed by atoms with Gasteiger partial charge in [-0.1, -0.05) is 11.6 Å². The Kier molecular flexibility index (Phi) is 3.46. The normalized spacial score (nSPS) is 10.4. The van der Waals surface area contributed by atoms with Gasteiger partial charge in [-0.2, -0.15) is 0 Å². The van der Waals surface area contributed by atoms with E-state index in [0.717, 1.165) is 6.20 Å². The predicted molar refractivity (Wildman–Crippen MR) is 47.3 cm³/mol. The highest BCUT2D eigenvalue weighted by Gasteiger charge is 2.23. The Morgan fingerprint density at radius 3 is 2.43 bits per heavy atom. The molecule has 0 radical (unpaired) electrons. The lowest BCUT2D eigenvalue weighted by molar-refractivity contribution is 0.142. The summed E-state index contributed by atoms with van der Waals surface area (Å²) in [4.78, 5) is 3.65. The fourth-order valence-corrected chi connectivity index (χ4v) is 1.26. The van der Waals surface area contributed by atoms with Gasteiger partial charge in [-0.3, -0.25) is 0 Å². The number of hydrogen-bond donors (Lipinski definition) is 0. The summed E-state index contributed by atoms with van der Waals surface area (Å²) < 4.78 is 34.6. The summed E-state index contributed by atoms with van der Waals surface area (Å²) in [7, 11) is 2.52. The zero-order chi connectivity index (χ0) is 10.7. The summed E-state index contributed by atoms with van der Waals surface area (Å²) in [5.74, 6) is -0.192. The number of aromatic nitrogens is 1. The molecule has 0 N–H and O–H groups in total. The number of methoxy groups -OCH3 is 2. The molecule has 1 heterocycles. The first-order chi connectivity index (χ1) is 6.61. The molecule has 6 heteroatoms. The fourth-order valence-electron chi connectivity index (χ4n) is 1.03. The maximum absolute atomic E-state index is 12.6. The number of hydrogen-bond acceptors (Lipinski definition) is 3. The van der Waals surface area contributed by atoms with Crippen LogP contribution in [0, 0.1) is 0 Å². The highest BCUT2D eigenvalue weighted by molar-refractivity contribution is 6.31. The van der Waals surface area contributed by atoms with Gasteiger partial charge in [-0.25, -0.2) is 13.8 Å². The van der Waals surface area contributed by atoms with E-state index in [0.29, 0.717) is 0 Å². The second-order valence-corrected chi connectivity index (χ2v) is 2.72. The van der Waals surface area contributed by atoms with Gasteiger partial charge in [-0.15, -0.1) is 0 Å². The first kappa shape index (κ1) is 11.0. The third-order valence-electron chi connectivity index (χ3n) is 1.63. The van der Waals surface area contributed by atoms with Crippen LogP contribution in [0.4, 0.5) is 8.78 Å². The third kappa shape index (κ3) is 1.87. The van der Waals surface area contributed by atoms with Crippen molar-refractivity contribution in [2.24, 2.45) is 0 Å². The lowest BCUT2D eigenvalue weighted by Crippen LogP contribution is -1.99. The van der Waals surface area contributed by atoms with Crippen molar-refractivity contribution < 1.29 is 18.3 Å². The molecular formula is C8H8ClF2NO2. The molecule has 0 saturated carbocycles. The van der Waals surface area contributed by atoms with Gasteiger partial charge in [0.25, 0.3) is 6.43 Å². The minimum absolute atomic E-state index is 0.0405. The Hall–Kier alpha value is -1.10. The topological polar surface area (TPSA) is 31.4 Å². The molecular weight excluding hydrogens is 216 g/mol. The van der Waals surface area contributed by atoms with Crippen molar-refractivity contribution in [1.82, 2.24) is 4.98 Å². The molecule has 0 atom stereocenters. The Labute approximate surface area is 84.6 Å². The van der Waals surface area contributed by atoms with Gasteiger partial charge >= 0.3 is 0 Å². The highest BCUT2D eigenvalue weighted by atomic mass is 35.5. The summed E-state index contributed by atoms with van der Waals surface area (Å²) in [6.45, 7) is 0. The molecule has 78 valence electrons. The summed E-state index contributed by atoms with van der Waals surface area (Å²) in [6, 6.07) is 0. The molecule has 3 nitrogen and oxygen atoms in total. The molecule has 0 unspecified atom stereocenters. The fraction of sp³-hybridized carbons (Fsp3) is 0.375. The minimum atomic E-state index is -2.72. The number of alkyl halides is 2. The van der Waals surface area contributed by atoms with Crippen LogP contribution >= 0.6 is 11.6 Å². The molecule has 0 aliphatic heterocycles. The van der Waals surface area contributed by atoms with Crippen LogP contribution in [-0.2, 0) is 0 Å². The van der Waals surface area contributed by atoms with Crippen LogP contribution in [0.5, 0.6) is 11.5 Å². The molecule has 1 rings (SSSR count). The van der Waals surface area contributed by atoms with E-state index in [9.17, 15) is 8.78 Å². The van der Waals surface area contributed by atoms with E-state index >= 15 is 0 Å². The number of ether oxygens (including phenoxy) is 2. The van der Waals surface area contributed by atoms with Crippen molar-refractivity contribution in [2.75, 3.05) is 14.2 Å². The molecule has 0 amide bonds. The third-order valence-corrected chi connectivity index (χ3v) is 1.90. The van der Waals surface area contributed by atoms with Crippen LogP contribution < -0.4 is 9.47 Å². The lowest BCUT2D eigenvalue weighted by atomic mass is 10.2. The number of pyridine rings is 1. The highest BCUT2D eigenvalue weighted by Crippen LogP contribution is 2.39. The van der Waals surface area contributed by atoms with Gasteiger partial charge < -0.3 is 9.47 Å². The van der Waals surface area contributed by atoms with Crippen molar-refractivity contribution >= 4 is 11.6 Å². The van der Waals surface area contributed by atoms with Gasteiger partial charge in [0.15, 0.2) is 10.9 Å². The van der Waals surface area contributed by atoms with E-state index in [1.165, 1.54) is 14.2 Å². The van der Waals surface area contributed by atoms with Gasteiger partial charge in [0, 0.05) is 0 Å². The van der Waals surface area contributed by atoms with Crippen LogP contribution in [0.15, 0.2) is 6.20 Å². The van der Waals surface area contributed by atoms with E-state index in [-0.39, 0.29) is 22.2 Å². The van der Waals surface area contributed by atoms with Gasteiger partial charge in [0.1, 0.15) is 11.3 Å². The Bertz CT molecular complexity index is 333. The second-order valence-electron chi connectivity index (χ2n) is 2.37. The lowest BCUT2D eigenvalue weighted by Gasteiger charge is -2.12. The first-order valence-electron chi connectivity index (χ1n) is 3.66. The minimum Gasteiger partial charge on any atom is -0.494 e. The van der Waals surface area contributed by atoms with Crippen molar-refractivity contribution in [1.29, 1.82) is 0 Å². The van der Waals surface area contributed by atoms with E-state index in [2.05, 4.69) is 4.98 Å². The molecule has 0 aliphatic carbocycles. The van der Waals surface area contributed by atoms with Gasteiger partial charge in [-0.05, 0) is 0 Å². The molecule has 14 heavy (non-hydrogen) atoms. The average molecular weight is 224 g/mol. The molecule has 0 saturated heterocycles. The maximum Gasteiger partial charge on any atom is 0.271 e. The number of rotatable bonds is 3. The summed E-state index contributed by atoms with van der Waals surface area (Å²) >= 11 is 5.58. The van der Waals surface area contributed by atoms with Gasteiger partial charge in [0.05, 0.1) is 20.4 Å². The molecule has 0 fully saturated rings. The molecule has 0 bridgehead atoms. The summed E-state index contributed by atoms with van der Waals surface area (Å²) in [5, 5.41) is -0.108. The van der Waals surface area contributed by atoms with E-state index in [4.69, 9.17) is 21.1 Å². The van der Waals surface area contributed by atoms with Gasteiger partial charge in [0.2, 0.25) is 0 Å². The average Bonchev–Trinajstić information content (AvgIpc) is 2.17. The second kappa shape index (κ2) is 4.41. The summed E-state index contributed by atoms with van der Waals surface area (Å²) in [5.41, 5.74) is -0.380. The quantitative estimate of drug-likeness (QED) is 0.739. The van der Waals surface area contributed by atoms with Crippen LogP contribution in [0.3, 0.4) is 0 Å². The zero-order valence-electron chi connectivity index (χ0n) is 7.55. The molecule has 1 aromatic heterocycles. The standard InChI is InChI=1S/C8H8ClF2NO2/c1-13-4-3-12-7(9)6(14-2)5(4)8(10)11/h3,8H,1-2H3. The Morgan fingerprint density at radius 1 is 1.36 bits per heavy atom. The largest absolute Gasteiger partial charge is 0.494 e. The van der Waals surface area contributed by atoms with Crippen LogP contribution in [0.25, 0.3) is 0 Å². The monoisotopic (exact) mass is 223 g/mol. The smallest absolute Gasteiger partial charge is 0.271 e. The SMILES string of the molecule is COc1cnc(Cl)c(OC)c1C(F)F. The molecule has 0 spiro atoms. The van der Waals surface area contributed by atoms with E-state index < -0.39 is 6.43 Å². The van der Waals surface area contributed by atoms with E-state index in [1.54, 1.807) is 0 Å². The van der Waals surface area contributed by atoms with Crippen molar-refractivity contribution in [3.05, 3.63) is 16.9 Å². The Balaban J connectivity index is 3.36. The number of nitrogens with zero attached hydrogens (tertiary/aromatic N) is 1. The predicted octanol–water partition coefficient (Wildman–Crippen LogP) is 2.69. The Morgan fingerprint density at radius 2 is 2.00 bits per heavy atom. The van der Waals surface area contributed by atoms with E-state index in [1.807, 2.05) is 0 Å².